The third-order valence-electron chi connectivity index (χ3n) is 5.79. The molecule has 5 heterocycles. The second-order valence-corrected chi connectivity index (χ2v) is 9.20. The average molecular weight is 613 g/mol. The zero-order valence-electron chi connectivity index (χ0n) is 20.2. The fraction of sp³-hybridized carbons (Fsp3) is 0.429. The number of imidazole rings is 1. The van der Waals surface area contributed by atoms with E-state index in [1.165, 1.54) is 18.6 Å². The molecule has 0 aromatic carbocycles. The predicted octanol–water partition coefficient (Wildman–Crippen LogP) is 3.03. The fourth-order valence-corrected chi connectivity index (χ4v) is 4.44. The number of amidine groups is 1. The van der Waals surface area contributed by atoms with Gasteiger partial charge in [0.1, 0.15) is 17.2 Å². The number of rotatable bonds is 9. The Morgan fingerprint density at radius 3 is 2.77 bits per heavy atom. The summed E-state index contributed by atoms with van der Waals surface area (Å²) in [5, 5.41) is 8.43. The molecule has 1 amide bonds. The van der Waals surface area contributed by atoms with E-state index in [1.54, 1.807) is 4.90 Å². The number of aromatic amines is 1. The summed E-state index contributed by atoms with van der Waals surface area (Å²) in [4.78, 5) is 52.0. The number of hydrazone groups is 1. The maximum absolute atomic E-state index is 13.5. The Morgan fingerprint density at radius 1 is 1.23 bits per heavy atom. The van der Waals surface area contributed by atoms with Crippen molar-refractivity contribution in [3.8, 4) is 11.5 Å². The van der Waals surface area contributed by atoms with Crippen LogP contribution in [0.5, 0.6) is 0 Å². The standard InChI is InChI=1S/C21H20BrF3N10O4/c1-2-3-4-9-33-16-14(29-19(22)30-16)17(36)34-12(31-35(20(33)34)39-18(37)21(23,24)25)5-6-13-28-15(32-38-13)11-10-26-7-8-27-11/h7-8,10,20H,2-6,9H2,1H3,(H,29,30). The van der Waals surface area contributed by atoms with Gasteiger partial charge in [-0.3, -0.25) is 9.78 Å². The molecule has 0 saturated heterocycles. The summed E-state index contributed by atoms with van der Waals surface area (Å²) < 4.78 is 44.8. The van der Waals surface area contributed by atoms with Gasteiger partial charge in [-0.1, -0.05) is 30.1 Å². The van der Waals surface area contributed by atoms with Crippen molar-refractivity contribution in [2.75, 3.05) is 11.4 Å². The number of hydrogen-bond acceptors (Lipinski definition) is 12. The molecule has 3 aromatic heterocycles. The van der Waals surface area contributed by atoms with Gasteiger partial charge in [0.15, 0.2) is 10.6 Å². The Hall–Kier alpha value is -4.09. The Bertz CT molecular complexity index is 1400. The van der Waals surface area contributed by atoms with Gasteiger partial charge >= 0.3 is 12.1 Å². The van der Waals surface area contributed by atoms with E-state index in [2.05, 4.69) is 55.9 Å². The van der Waals surface area contributed by atoms with Crippen molar-refractivity contribution >= 4 is 39.5 Å². The minimum atomic E-state index is -5.28. The molecule has 5 rings (SSSR count). The van der Waals surface area contributed by atoms with Crippen LogP contribution in [-0.2, 0) is 16.1 Å². The van der Waals surface area contributed by atoms with Gasteiger partial charge in [-0.05, 0) is 22.4 Å². The number of nitrogens with one attached hydrogen (secondary N) is 1. The van der Waals surface area contributed by atoms with Crippen molar-refractivity contribution in [3.05, 3.63) is 34.9 Å². The molecule has 3 aromatic rings. The fourth-order valence-electron chi connectivity index (χ4n) is 4.07. The molecule has 206 valence electrons. The first kappa shape index (κ1) is 26.5. The molecule has 0 aliphatic carbocycles. The average Bonchev–Trinajstić information content (AvgIpc) is 3.62. The van der Waals surface area contributed by atoms with Crippen molar-refractivity contribution in [1.29, 1.82) is 0 Å². The van der Waals surface area contributed by atoms with Crippen LogP contribution in [0.1, 0.15) is 49.0 Å². The lowest BCUT2D eigenvalue weighted by Crippen LogP contribution is -2.60. The Labute approximate surface area is 226 Å². The minimum Gasteiger partial charge on any atom is -0.339 e. The number of amides is 1. The third kappa shape index (κ3) is 5.27. The number of carbonyl (C=O) groups excluding carboxylic acids is 2. The van der Waals surface area contributed by atoms with Crippen LogP contribution >= 0.6 is 15.9 Å². The van der Waals surface area contributed by atoms with E-state index in [1.807, 2.05) is 6.92 Å². The van der Waals surface area contributed by atoms with Gasteiger partial charge in [0.25, 0.3) is 5.91 Å². The van der Waals surface area contributed by atoms with Crippen molar-refractivity contribution in [2.24, 2.45) is 5.10 Å². The van der Waals surface area contributed by atoms with Gasteiger partial charge in [-0.15, -0.1) is 5.10 Å². The second kappa shape index (κ2) is 10.6. The quantitative estimate of drug-likeness (QED) is 0.354. The summed E-state index contributed by atoms with van der Waals surface area (Å²) in [6.07, 6.45) is 0.151. The number of hydroxylamine groups is 1. The summed E-state index contributed by atoms with van der Waals surface area (Å²) in [6.45, 7) is 2.28. The molecule has 2 aliphatic heterocycles. The molecule has 14 nitrogen and oxygen atoms in total. The van der Waals surface area contributed by atoms with Crippen LogP contribution in [0.2, 0.25) is 0 Å². The highest BCUT2D eigenvalue weighted by molar-refractivity contribution is 9.10. The molecular formula is C21H20BrF3N10O4. The molecule has 1 atom stereocenters. The molecule has 1 unspecified atom stereocenters. The highest BCUT2D eigenvalue weighted by atomic mass is 79.9. The highest BCUT2D eigenvalue weighted by Gasteiger charge is 2.52. The van der Waals surface area contributed by atoms with Crippen LogP contribution < -0.4 is 4.90 Å². The maximum Gasteiger partial charge on any atom is 0.493 e. The molecule has 0 fully saturated rings. The lowest BCUT2D eigenvalue weighted by Gasteiger charge is -2.40. The lowest BCUT2D eigenvalue weighted by atomic mass is 10.2. The zero-order valence-corrected chi connectivity index (χ0v) is 21.8. The monoisotopic (exact) mass is 612 g/mol. The maximum atomic E-state index is 13.5. The molecule has 0 spiro atoms. The Kier molecular flexibility index (Phi) is 7.19. The molecule has 1 N–H and O–H groups in total. The molecule has 0 bridgehead atoms. The molecule has 18 heteroatoms. The number of aromatic nitrogens is 6. The molecule has 0 saturated carbocycles. The van der Waals surface area contributed by atoms with Gasteiger partial charge in [-0.2, -0.15) is 18.2 Å². The first-order valence-electron chi connectivity index (χ1n) is 11.8. The van der Waals surface area contributed by atoms with E-state index in [0.29, 0.717) is 23.8 Å². The predicted molar refractivity (Wildman–Crippen MR) is 128 cm³/mol. The molecular weight excluding hydrogens is 593 g/mol. The smallest absolute Gasteiger partial charge is 0.339 e. The number of hydrogen-bond donors (Lipinski definition) is 1. The van der Waals surface area contributed by atoms with Crippen LogP contribution in [-0.4, -0.2) is 76.9 Å². The molecule has 2 aliphatic rings. The third-order valence-corrected chi connectivity index (χ3v) is 6.17. The number of alkyl halides is 3. The van der Waals surface area contributed by atoms with Crippen molar-refractivity contribution < 1.29 is 32.1 Å². The first-order chi connectivity index (χ1) is 18.7. The molecule has 0 radical (unpaired) electrons. The number of fused-ring (bicyclic) bond motifs is 2. The van der Waals surface area contributed by atoms with Crippen molar-refractivity contribution in [3.63, 3.8) is 0 Å². The van der Waals surface area contributed by atoms with Gasteiger partial charge in [0.05, 0.1) is 6.20 Å². The largest absolute Gasteiger partial charge is 0.493 e. The van der Waals surface area contributed by atoms with Gasteiger partial charge < -0.3 is 19.2 Å². The first-order valence-corrected chi connectivity index (χ1v) is 12.6. The summed E-state index contributed by atoms with van der Waals surface area (Å²) >= 11 is 3.21. The SMILES string of the molecule is CCCCCN1c2nc(Br)[nH]c2C(=O)N2C(CCc3nc(-c4cnccn4)no3)=NN(OC(=O)C(F)(F)F)C21. The summed E-state index contributed by atoms with van der Waals surface area (Å²) in [5.74, 6) is -2.53. The number of aryl methyl sites for hydroxylation is 1. The number of unbranched alkanes of at least 4 members (excludes halogenated alkanes) is 2. The van der Waals surface area contributed by atoms with Crippen molar-refractivity contribution in [2.45, 2.75) is 51.5 Å². The highest BCUT2D eigenvalue weighted by Crippen LogP contribution is 2.37. The summed E-state index contributed by atoms with van der Waals surface area (Å²) in [6, 6.07) is 0. The zero-order chi connectivity index (χ0) is 27.7. The number of anilines is 1. The summed E-state index contributed by atoms with van der Waals surface area (Å²) in [7, 11) is 0. The van der Waals surface area contributed by atoms with Crippen LogP contribution in [0.3, 0.4) is 0 Å². The van der Waals surface area contributed by atoms with Gasteiger partial charge in [0.2, 0.25) is 18.0 Å². The number of nitrogens with zero attached hydrogens (tertiary/aromatic N) is 9. The van der Waals surface area contributed by atoms with E-state index >= 15 is 0 Å². The molecule has 39 heavy (non-hydrogen) atoms. The van der Waals surface area contributed by atoms with Gasteiger partial charge in [0, 0.05) is 31.8 Å². The number of carbonyl (C=O) groups is 2. The van der Waals surface area contributed by atoms with Crippen LogP contribution in [0.4, 0.5) is 19.0 Å². The van der Waals surface area contributed by atoms with Crippen LogP contribution in [0.25, 0.3) is 11.5 Å². The van der Waals surface area contributed by atoms with E-state index < -0.39 is 24.3 Å². The van der Waals surface area contributed by atoms with Crippen molar-refractivity contribution in [1.82, 2.24) is 40.1 Å². The van der Waals surface area contributed by atoms with E-state index in [4.69, 9.17) is 4.52 Å². The van der Waals surface area contributed by atoms with Gasteiger partial charge in [-0.25, -0.2) is 19.7 Å². The number of halogens is 4. The number of H-pyrrole nitrogens is 1. The second-order valence-electron chi connectivity index (χ2n) is 8.45. The van der Waals surface area contributed by atoms with Crippen LogP contribution in [0.15, 0.2) is 32.9 Å². The Morgan fingerprint density at radius 2 is 2.05 bits per heavy atom. The minimum absolute atomic E-state index is 0.0160. The van der Waals surface area contributed by atoms with E-state index in [-0.39, 0.29) is 46.6 Å². The lowest BCUT2D eigenvalue weighted by molar-refractivity contribution is -0.249. The Balaban J connectivity index is 1.45. The summed E-state index contributed by atoms with van der Waals surface area (Å²) in [5.41, 5.74) is 0.483. The van der Waals surface area contributed by atoms with E-state index in [0.717, 1.165) is 17.7 Å². The van der Waals surface area contributed by atoms with Crippen LogP contribution in [0, 0.1) is 0 Å². The van der Waals surface area contributed by atoms with E-state index in [9.17, 15) is 22.8 Å². The topological polar surface area (TPSA) is 159 Å². The normalized spacial score (nSPS) is 16.8.